The second-order valence-corrected chi connectivity index (χ2v) is 4.95. The minimum atomic E-state index is -1.04. The number of ether oxygens (including phenoxy) is 1. The van der Waals surface area contributed by atoms with Crippen molar-refractivity contribution in [2.24, 2.45) is 5.92 Å². The Morgan fingerprint density at radius 3 is 2.65 bits per heavy atom. The fourth-order valence-corrected chi connectivity index (χ4v) is 1.77. The fraction of sp³-hybridized carbons (Fsp3) is 0.333. The van der Waals surface area contributed by atoms with Gasteiger partial charge >= 0.3 is 5.97 Å². The van der Waals surface area contributed by atoms with Crippen LogP contribution in [0.25, 0.3) is 5.69 Å². The molecule has 0 spiro atoms. The molecule has 0 fully saturated rings. The van der Waals surface area contributed by atoms with Gasteiger partial charge in [-0.05, 0) is 24.5 Å². The standard InChI is InChI=1S/C15H18N2O3/c1-11(2)8-9-20-14-13(15(18)19)10-16-17(14)12-6-4-3-5-7-12/h3-7,10-11H,8-9H2,1-2H3,(H,18,19). The predicted octanol–water partition coefficient (Wildman–Crippen LogP) is 3.00. The van der Waals surface area contributed by atoms with Crippen LogP contribution in [0.3, 0.4) is 0 Å². The maximum absolute atomic E-state index is 11.2. The lowest BCUT2D eigenvalue weighted by Crippen LogP contribution is -2.09. The number of carboxylic acids is 1. The maximum Gasteiger partial charge on any atom is 0.342 e. The van der Waals surface area contributed by atoms with Crippen LogP contribution in [0.15, 0.2) is 36.5 Å². The SMILES string of the molecule is CC(C)CCOc1c(C(=O)O)cnn1-c1ccccc1. The van der Waals surface area contributed by atoms with E-state index >= 15 is 0 Å². The van der Waals surface area contributed by atoms with Crippen LogP contribution in [0.5, 0.6) is 5.88 Å². The van der Waals surface area contributed by atoms with Crippen molar-refractivity contribution in [2.75, 3.05) is 6.61 Å². The van der Waals surface area contributed by atoms with Crippen LogP contribution in [-0.4, -0.2) is 27.5 Å². The van der Waals surface area contributed by atoms with Gasteiger partial charge in [0.15, 0.2) is 0 Å². The number of aromatic nitrogens is 2. The molecule has 1 aromatic heterocycles. The first kappa shape index (κ1) is 14.1. The molecule has 106 valence electrons. The van der Waals surface area contributed by atoms with Gasteiger partial charge in [-0.25, -0.2) is 9.48 Å². The molecule has 2 rings (SSSR count). The fourth-order valence-electron chi connectivity index (χ4n) is 1.77. The van der Waals surface area contributed by atoms with E-state index in [9.17, 15) is 9.90 Å². The van der Waals surface area contributed by atoms with Gasteiger partial charge in [-0.2, -0.15) is 5.10 Å². The Morgan fingerprint density at radius 1 is 1.35 bits per heavy atom. The van der Waals surface area contributed by atoms with Crippen LogP contribution in [-0.2, 0) is 0 Å². The third kappa shape index (κ3) is 3.17. The molecule has 0 aliphatic heterocycles. The molecule has 1 N–H and O–H groups in total. The molecular weight excluding hydrogens is 256 g/mol. The molecule has 0 unspecified atom stereocenters. The van der Waals surface area contributed by atoms with E-state index in [2.05, 4.69) is 18.9 Å². The minimum absolute atomic E-state index is 0.0811. The van der Waals surface area contributed by atoms with E-state index in [1.54, 1.807) is 0 Å². The number of nitrogens with zero attached hydrogens (tertiary/aromatic N) is 2. The number of rotatable bonds is 6. The number of hydrogen-bond acceptors (Lipinski definition) is 3. The lowest BCUT2D eigenvalue weighted by atomic mass is 10.1. The molecule has 0 aliphatic rings. The van der Waals surface area contributed by atoms with Crippen LogP contribution in [0.1, 0.15) is 30.6 Å². The largest absolute Gasteiger partial charge is 0.477 e. The summed E-state index contributed by atoms with van der Waals surface area (Å²) < 4.78 is 7.17. The zero-order chi connectivity index (χ0) is 14.5. The van der Waals surface area contributed by atoms with Gasteiger partial charge in [-0.15, -0.1) is 0 Å². The number of carbonyl (C=O) groups is 1. The Balaban J connectivity index is 2.30. The smallest absolute Gasteiger partial charge is 0.342 e. The molecule has 1 heterocycles. The number of benzene rings is 1. The van der Waals surface area contributed by atoms with Crippen molar-refractivity contribution in [1.82, 2.24) is 9.78 Å². The highest BCUT2D eigenvalue weighted by atomic mass is 16.5. The van der Waals surface area contributed by atoms with Crippen molar-refractivity contribution in [3.05, 3.63) is 42.1 Å². The second kappa shape index (κ2) is 6.23. The lowest BCUT2D eigenvalue weighted by Gasteiger charge is -2.11. The summed E-state index contributed by atoms with van der Waals surface area (Å²) in [7, 11) is 0. The number of aromatic carboxylic acids is 1. The molecule has 0 saturated heterocycles. The van der Waals surface area contributed by atoms with Gasteiger partial charge < -0.3 is 9.84 Å². The topological polar surface area (TPSA) is 64.3 Å². The van der Waals surface area contributed by atoms with Crippen molar-refractivity contribution in [1.29, 1.82) is 0 Å². The van der Waals surface area contributed by atoms with E-state index in [4.69, 9.17) is 4.74 Å². The van der Waals surface area contributed by atoms with E-state index in [0.717, 1.165) is 12.1 Å². The first-order chi connectivity index (χ1) is 9.59. The highest BCUT2D eigenvalue weighted by molar-refractivity contribution is 5.90. The molecule has 0 aliphatic carbocycles. The second-order valence-electron chi connectivity index (χ2n) is 4.95. The minimum Gasteiger partial charge on any atom is -0.477 e. The third-order valence-corrected chi connectivity index (χ3v) is 2.89. The van der Waals surface area contributed by atoms with Crippen LogP contribution in [0, 0.1) is 5.92 Å². The zero-order valence-corrected chi connectivity index (χ0v) is 11.6. The van der Waals surface area contributed by atoms with Crippen molar-refractivity contribution < 1.29 is 14.6 Å². The third-order valence-electron chi connectivity index (χ3n) is 2.89. The van der Waals surface area contributed by atoms with Crippen LogP contribution in [0.4, 0.5) is 0 Å². The number of para-hydroxylation sites is 1. The van der Waals surface area contributed by atoms with Gasteiger partial charge in [0.2, 0.25) is 5.88 Å². The molecule has 20 heavy (non-hydrogen) atoms. The summed E-state index contributed by atoms with van der Waals surface area (Å²) in [6.45, 7) is 4.66. The average molecular weight is 274 g/mol. The molecule has 0 amide bonds. The molecule has 5 nitrogen and oxygen atoms in total. The zero-order valence-electron chi connectivity index (χ0n) is 11.6. The van der Waals surface area contributed by atoms with Gasteiger partial charge in [0, 0.05) is 0 Å². The Hall–Kier alpha value is -2.30. The van der Waals surface area contributed by atoms with E-state index in [0.29, 0.717) is 12.5 Å². The van der Waals surface area contributed by atoms with Gasteiger partial charge in [-0.3, -0.25) is 0 Å². The van der Waals surface area contributed by atoms with Crippen molar-refractivity contribution in [2.45, 2.75) is 20.3 Å². The van der Waals surface area contributed by atoms with Crippen LogP contribution >= 0.6 is 0 Å². The molecule has 0 bridgehead atoms. The van der Waals surface area contributed by atoms with Crippen molar-refractivity contribution in [3.63, 3.8) is 0 Å². The number of carboxylic acid groups (broad SMARTS) is 1. The Morgan fingerprint density at radius 2 is 2.05 bits per heavy atom. The summed E-state index contributed by atoms with van der Waals surface area (Å²) in [4.78, 5) is 11.2. The lowest BCUT2D eigenvalue weighted by molar-refractivity contribution is 0.0691. The molecule has 1 aromatic carbocycles. The summed E-state index contributed by atoms with van der Waals surface area (Å²) >= 11 is 0. The predicted molar refractivity (Wildman–Crippen MR) is 75.5 cm³/mol. The maximum atomic E-state index is 11.2. The summed E-state index contributed by atoms with van der Waals surface area (Å²) in [6, 6.07) is 9.34. The van der Waals surface area contributed by atoms with E-state index in [-0.39, 0.29) is 11.4 Å². The van der Waals surface area contributed by atoms with Gasteiger partial charge in [-0.1, -0.05) is 32.0 Å². The van der Waals surface area contributed by atoms with E-state index in [1.165, 1.54) is 10.9 Å². The Kier molecular flexibility index (Phi) is 4.40. The molecule has 5 heteroatoms. The van der Waals surface area contributed by atoms with Crippen molar-refractivity contribution >= 4 is 5.97 Å². The Labute approximate surface area is 117 Å². The first-order valence-electron chi connectivity index (χ1n) is 6.59. The summed E-state index contributed by atoms with van der Waals surface area (Å²) in [5.74, 6) is -0.257. The summed E-state index contributed by atoms with van der Waals surface area (Å²) in [6.07, 6.45) is 2.18. The quantitative estimate of drug-likeness (QED) is 0.879. The monoisotopic (exact) mass is 274 g/mol. The van der Waals surface area contributed by atoms with Crippen LogP contribution < -0.4 is 4.74 Å². The normalized spacial score (nSPS) is 10.8. The summed E-state index contributed by atoms with van der Waals surface area (Å²) in [5, 5.41) is 13.3. The molecule has 2 aromatic rings. The molecule has 0 saturated carbocycles. The first-order valence-corrected chi connectivity index (χ1v) is 6.59. The van der Waals surface area contributed by atoms with E-state index < -0.39 is 5.97 Å². The van der Waals surface area contributed by atoms with Gasteiger partial charge in [0.25, 0.3) is 0 Å². The number of hydrogen-bond donors (Lipinski definition) is 1. The van der Waals surface area contributed by atoms with Crippen LogP contribution in [0.2, 0.25) is 0 Å². The molecular formula is C15H18N2O3. The van der Waals surface area contributed by atoms with E-state index in [1.807, 2.05) is 30.3 Å². The summed E-state index contributed by atoms with van der Waals surface area (Å²) in [5.41, 5.74) is 0.858. The van der Waals surface area contributed by atoms with Gasteiger partial charge in [0.1, 0.15) is 5.56 Å². The highest BCUT2D eigenvalue weighted by Gasteiger charge is 2.19. The molecule has 0 atom stereocenters. The Bertz CT molecular complexity index is 576. The van der Waals surface area contributed by atoms with Crippen molar-refractivity contribution in [3.8, 4) is 11.6 Å². The van der Waals surface area contributed by atoms with Gasteiger partial charge in [0.05, 0.1) is 18.5 Å². The molecule has 0 radical (unpaired) electrons. The highest BCUT2D eigenvalue weighted by Crippen LogP contribution is 2.23. The average Bonchev–Trinajstić information content (AvgIpc) is 2.83.